The molecule has 0 unspecified atom stereocenters. The van der Waals surface area contributed by atoms with Crippen molar-refractivity contribution in [1.82, 2.24) is 20.3 Å². The quantitative estimate of drug-likeness (QED) is 0.328. The van der Waals surface area contributed by atoms with Crippen LogP contribution in [0.4, 0.5) is 11.6 Å². The van der Waals surface area contributed by atoms with Crippen LogP contribution < -0.4 is 15.4 Å². The van der Waals surface area contributed by atoms with E-state index >= 15 is 0 Å². The van der Waals surface area contributed by atoms with E-state index in [1.165, 1.54) is 0 Å². The highest BCUT2D eigenvalue weighted by atomic mass is 16.5. The number of hydrogen-bond donors (Lipinski definition) is 4. The Morgan fingerprint density at radius 1 is 1.15 bits per heavy atom. The van der Waals surface area contributed by atoms with Crippen molar-refractivity contribution >= 4 is 17.5 Å². The molecule has 0 aliphatic rings. The number of para-hydroxylation sites is 2. The molecule has 0 saturated heterocycles. The van der Waals surface area contributed by atoms with Crippen molar-refractivity contribution in [2.75, 3.05) is 19.0 Å². The van der Waals surface area contributed by atoms with Crippen molar-refractivity contribution in [2.24, 2.45) is 0 Å². The molecule has 1 atom stereocenters. The molecule has 2 aromatic carbocycles. The lowest BCUT2D eigenvalue weighted by molar-refractivity contribution is 0.0912. The summed E-state index contributed by atoms with van der Waals surface area (Å²) in [4.78, 5) is 24.8. The highest BCUT2D eigenvalue weighted by molar-refractivity contribution is 5.94. The maximum Gasteiger partial charge on any atom is 0.268 e. The minimum Gasteiger partial charge on any atom is -0.495 e. The summed E-state index contributed by atoms with van der Waals surface area (Å²) in [6.07, 6.45) is 3.46. The van der Waals surface area contributed by atoms with Gasteiger partial charge in [-0.1, -0.05) is 42.5 Å². The van der Waals surface area contributed by atoms with Crippen LogP contribution in [0.5, 0.6) is 5.75 Å². The van der Waals surface area contributed by atoms with Crippen molar-refractivity contribution in [3.05, 3.63) is 89.9 Å². The summed E-state index contributed by atoms with van der Waals surface area (Å²) in [5, 5.41) is 15.8. The van der Waals surface area contributed by atoms with Gasteiger partial charge in [0.25, 0.3) is 5.91 Å². The summed E-state index contributed by atoms with van der Waals surface area (Å²) < 4.78 is 5.37. The number of nitrogens with zero attached hydrogens (tertiary/aromatic N) is 2. The van der Waals surface area contributed by atoms with Crippen LogP contribution in [0, 0.1) is 6.92 Å². The van der Waals surface area contributed by atoms with Crippen LogP contribution in [0.1, 0.15) is 27.7 Å². The lowest BCUT2D eigenvalue weighted by Crippen LogP contribution is -2.30. The SMILES string of the molecule is COc1ccccc1Nc1ncc(C)c(-c2c[nH]c(C(=O)N[C@H](CO)c3ccccc3)c2)n1. The smallest absolute Gasteiger partial charge is 0.268 e. The molecule has 0 spiro atoms. The second-order valence-corrected chi connectivity index (χ2v) is 7.47. The first-order valence-electron chi connectivity index (χ1n) is 10.5. The van der Waals surface area contributed by atoms with E-state index in [4.69, 9.17) is 4.74 Å². The van der Waals surface area contributed by atoms with E-state index < -0.39 is 6.04 Å². The number of ether oxygens (including phenoxy) is 1. The first-order valence-corrected chi connectivity index (χ1v) is 10.5. The third-order valence-electron chi connectivity index (χ3n) is 5.22. The van der Waals surface area contributed by atoms with Crippen molar-refractivity contribution in [2.45, 2.75) is 13.0 Å². The van der Waals surface area contributed by atoms with Gasteiger partial charge in [0.1, 0.15) is 11.4 Å². The van der Waals surface area contributed by atoms with Gasteiger partial charge in [0.2, 0.25) is 5.95 Å². The second-order valence-electron chi connectivity index (χ2n) is 7.47. The molecule has 4 N–H and O–H groups in total. The topological polar surface area (TPSA) is 112 Å². The largest absolute Gasteiger partial charge is 0.495 e. The van der Waals surface area contributed by atoms with Crippen molar-refractivity contribution in [1.29, 1.82) is 0 Å². The van der Waals surface area contributed by atoms with Gasteiger partial charge >= 0.3 is 0 Å². The number of aryl methyl sites for hydroxylation is 1. The van der Waals surface area contributed by atoms with Crippen LogP contribution in [0.25, 0.3) is 11.3 Å². The Labute approximate surface area is 191 Å². The van der Waals surface area contributed by atoms with E-state index in [1.54, 1.807) is 25.6 Å². The number of hydrogen-bond acceptors (Lipinski definition) is 6. The summed E-state index contributed by atoms with van der Waals surface area (Å²) >= 11 is 0. The van der Waals surface area contributed by atoms with E-state index in [0.717, 1.165) is 22.4 Å². The second kappa shape index (κ2) is 9.97. The minimum atomic E-state index is -0.497. The minimum absolute atomic E-state index is 0.202. The molecule has 0 radical (unpaired) electrons. The monoisotopic (exact) mass is 443 g/mol. The zero-order valence-electron chi connectivity index (χ0n) is 18.4. The van der Waals surface area contributed by atoms with Gasteiger partial charge < -0.3 is 25.5 Å². The van der Waals surface area contributed by atoms with E-state index in [-0.39, 0.29) is 12.5 Å². The number of amides is 1. The summed E-state index contributed by atoms with van der Waals surface area (Å²) in [6.45, 7) is 1.71. The Hall–Kier alpha value is -4.17. The molecule has 8 nitrogen and oxygen atoms in total. The molecule has 0 fully saturated rings. The van der Waals surface area contributed by atoms with Crippen molar-refractivity contribution in [3.8, 4) is 17.0 Å². The molecule has 0 aliphatic heterocycles. The Kier molecular flexibility index (Phi) is 6.66. The van der Waals surface area contributed by atoms with Crippen molar-refractivity contribution in [3.63, 3.8) is 0 Å². The van der Waals surface area contributed by atoms with Crippen LogP contribution in [0.3, 0.4) is 0 Å². The molecule has 8 heteroatoms. The predicted molar refractivity (Wildman–Crippen MR) is 127 cm³/mol. The molecule has 2 heterocycles. The standard InChI is InChI=1S/C25H25N5O3/c1-16-13-27-25(29-19-10-6-7-11-22(19)33-2)30-23(16)18-12-20(26-14-18)24(32)28-21(15-31)17-8-4-3-5-9-17/h3-14,21,26,31H,15H2,1-2H3,(H,28,32)(H,27,29,30)/t21-/m1/s1. The number of carbonyl (C=O) groups is 1. The zero-order valence-corrected chi connectivity index (χ0v) is 18.4. The number of nitrogens with one attached hydrogen (secondary N) is 3. The summed E-state index contributed by atoms with van der Waals surface area (Å²) in [7, 11) is 1.60. The molecular weight excluding hydrogens is 418 g/mol. The van der Waals surface area contributed by atoms with E-state index in [2.05, 4.69) is 25.6 Å². The number of H-pyrrole nitrogens is 1. The Balaban J connectivity index is 1.54. The molecule has 0 bridgehead atoms. The fourth-order valence-corrected chi connectivity index (χ4v) is 3.48. The molecule has 0 aliphatic carbocycles. The number of aromatic amines is 1. The number of aliphatic hydroxyl groups excluding tert-OH is 1. The fourth-order valence-electron chi connectivity index (χ4n) is 3.48. The number of carbonyl (C=O) groups excluding carboxylic acids is 1. The van der Waals surface area contributed by atoms with Crippen molar-refractivity contribution < 1.29 is 14.6 Å². The van der Waals surface area contributed by atoms with Gasteiger partial charge in [-0.2, -0.15) is 0 Å². The number of rotatable bonds is 8. The Morgan fingerprint density at radius 3 is 2.67 bits per heavy atom. The normalized spacial score (nSPS) is 11.6. The highest BCUT2D eigenvalue weighted by Crippen LogP contribution is 2.28. The molecule has 1 amide bonds. The fraction of sp³-hybridized carbons (Fsp3) is 0.160. The van der Waals surface area contributed by atoms with Gasteiger partial charge in [0.05, 0.1) is 31.1 Å². The summed E-state index contributed by atoms with van der Waals surface area (Å²) in [5.41, 5.74) is 4.27. The Bertz CT molecular complexity index is 1240. The molecule has 2 aromatic heterocycles. The average molecular weight is 444 g/mol. The van der Waals surface area contributed by atoms with Crippen LogP contribution in [-0.2, 0) is 0 Å². The van der Waals surface area contributed by atoms with E-state index in [0.29, 0.717) is 23.1 Å². The highest BCUT2D eigenvalue weighted by Gasteiger charge is 2.17. The lowest BCUT2D eigenvalue weighted by atomic mass is 10.1. The van der Waals surface area contributed by atoms with Gasteiger partial charge in [0.15, 0.2) is 0 Å². The summed E-state index contributed by atoms with van der Waals surface area (Å²) in [6, 6.07) is 18.1. The number of anilines is 2. The number of benzene rings is 2. The molecule has 4 aromatic rings. The molecule has 168 valence electrons. The first-order chi connectivity index (χ1) is 16.1. The van der Waals surface area contributed by atoms with Gasteiger partial charge in [-0.3, -0.25) is 4.79 Å². The van der Waals surface area contributed by atoms with E-state index in [1.807, 2.05) is 61.5 Å². The maximum absolute atomic E-state index is 12.8. The molecule has 0 saturated carbocycles. The van der Waals surface area contributed by atoms with Gasteiger partial charge in [-0.05, 0) is 36.2 Å². The van der Waals surface area contributed by atoms with Gasteiger partial charge in [-0.15, -0.1) is 0 Å². The lowest BCUT2D eigenvalue weighted by Gasteiger charge is -2.16. The Morgan fingerprint density at radius 2 is 1.91 bits per heavy atom. The zero-order chi connectivity index (χ0) is 23.2. The number of methoxy groups -OCH3 is 1. The van der Waals surface area contributed by atoms with Crippen LogP contribution in [0.15, 0.2) is 73.1 Å². The maximum atomic E-state index is 12.8. The predicted octanol–water partition coefficient (Wildman–Crippen LogP) is 4.00. The third-order valence-corrected chi connectivity index (χ3v) is 5.22. The molecule has 33 heavy (non-hydrogen) atoms. The third kappa shape index (κ3) is 5.02. The van der Waals surface area contributed by atoms with E-state index in [9.17, 15) is 9.90 Å². The number of aliphatic hydroxyl groups is 1. The van der Waals surface area contributed by atoms with Crippen LogP contribution in [-0.4, -0.2) is 39.7 Å². The van der Waals surface area contributed by atoms with Gasteiger partial charge in [-0.25, -0.2) is 9.97 Å². The van der Waals surface area contributed by atoms with Crippen LogP contribution >= 0.6 is 0 Å². The average Bonchev–Trinajstić information content (AvgIpc) is 3.35. The molecular formula is C25H25N5O3. The first kappa shape index (κ1) is 22.0. The summed E-state index contributed by atoms with van der Waals surface area (Å²) in [5.74, 6) is 0.778. The van der Waals surface area contributed by atoms with Crippen LogP contribution in [0.2, 0.25) is 0 Å². The van der Waals surface area contributed by atoms with Gasteiger partial charge in [0, 0.05) is 18.0 Å². The number of aromatic nitrogens is 3. The molecule has 4 rings (SSSR count).